The second kappa shape index (κ2) is 13.6. The van der Waals surface area contributed by atoms with Gasteiger partial charge in [-0.3, -0.25) is 14.7 Å². The van der Waals surface area contributed by atoms with E-state index in [-0.39, 0.29) is 36.0 Å². The van der Waals surface area contributed by atoms with E-state index < -0.39 is 0 Å². The van der Waals surface area contributed by atoms with E-state index in [1.54, 1.807) is 0 Å². The van der Waals surface area contributed by atoms with E-state index in [4.69, 9.17) is 14.5 Å². The molecule has 0 amide bonds. The van der Waals surface area contributed by atoms with Crippen molar-refractivity contribution in [3.05, 3.63) is 0 Å². The summed E-state index contributed by atoms with van der Waals surface area (Å²) in [6.07, 6.45) is 7.07. The molecule has 3 aliphatic rings. The third-order valence-electron chi connectivity index (χ3n) is 5.94. The van der Waals surface area contributed by atoms with E-state index >= 15 is 0 Å². The van der Waals surface area contributed by atoms with Gasteiger partial charge in [-0.05, 0) is 51.4 Å². The van der Waals surface area contributed by atoms with Gasteiger partial charge in [-0.1, -0.05) is 0 Å². The van der Waals surface area contributed by atoms with Crippen LogP contribution in [0.3, 0.4) is 0 Å². The molecule has 0 aromatic carbocycles. The fraction of sp³-hybridized carbons (Fsp3) is 0.905. The summed E-state index contributed by atoms with van der Waals surface area (Å²) in [4.78, 5) is 21.6. The first-order valence-electron chi connectivity index (χ1n) is 11.3. The van der Waals surface area contributed by atoms with Crippen molar-refractivity contribution in [1.82, 2.24) is 15.1 Å². The van der Waals surface area contributed by atoms with Crippen LogP contribution < -0.4 is 5.32 Å². The Morgan fingerprint density at radius 3 is 2.66 bits per heavy atom. The number of rotatable bonds is 8. The number of likely N-dealkylation sites (tertiary alicyclic amines) is 1. The average Bonchev–Trinajstić information content (AvgIpc) is 3.37. The summed E-state index contributed by atoms with van der Waals surface area (Å²) in [5.41, 5.74) is 0. The Bertz CT molecular complexity index is 508. The number of esters is 1. The highest BCUT2D eigenvalue weighted by molar-refractivity contribution is 14.0. The van der Waals surface area contributed by atoms with Crippen LogP contribution >= 0.6 is 24.0 Å². The van der Waals surface area contributed by atoms with Crippen molar-refractivity contribution in [1.29, 1.82) is 0 Å². The minimum absolute atomic E-state index is 0. The molecule has 0 aromatic rings. The Balaban J connectivity index is 0.00000300. The molecule has 1 atom stereocenters. The van der Waals surface area contributed by atoms with E-state index in [0.29, 0.717) is 18.9 Å². The maximum Gasteiger partial charge on any atom is 0.306 e. The van der Waals surface area contributed by atoms with Crippen molar-refractivity contribution in [2.24, 2.45) is 10.9 Å². The molecule has 3 fully saturated rings. The van der Waals surface area contributed by atoms with Crippen LogP contribution in [0.5, 0.6) is 0 Å². The Kier molecular flexibility index (Phi) is 11.6. The van der Waals surface area contributed by atoms with Gasteiger partial charge in [0.15, 0.2) is 5.96 Å². The highest BCUT2D eigenvalue weighted by Gasteiger charge is 2.27. The number of nitrogens with one attached hydrogen (secondary N) is 1. The largest absolute Gasteiger partial charge is 0.462 e. The second-order valence-electron chi connectivity index (χ2n) is 8.25. The molecule has 1 N–H and O–H groups in total. The number of aliphatic imine (C=N–C) groups is 1. The molecule has 1 unspecified atom stereocenters. The normalized spacial score (nSPS) is 23.8. The summed E-state index contributed by atoms with van der Waals surface area (Å²) in [6, 6.07) is 0. The van der Waals surface area contributed by atoms with Gasteiger partial charge in [0.05, 0.1) is 13.2 Å². The van der Waals surface area contributed by atoms with Crippen LogP contribution in [0.1, 0.15) is 51.9 Å². The molecule has 1 aliphatic carbocycles. The lowest BCUT2D eigenvalue weighted by Gasteiger charge is -2.29. The fourth-order valence-electron chi connectivity index (χ4n) is 4.41. The molecule has 168 valence electrons. The molecular formula is C21H39IN4O3. The lowest BCUT2D eigenvalue weighted by atomic mass is 10.1. The topological polar surface area (TPSA) is 66.4 Å². The molecule has 2 saturated heterocycles. The van der Waals surface area contributed by atoms with E-state index in [0.717, 1.165) is 77.7 Å². The maximum atomic E-state index is 11.9. The van der Waals surface area contributed by atoms with Crippen molar-refractivity contribution in [2.45, 2.75) is 58.0 Å². The zero-order valence-electron chi connectivity index (χ0n) is 17.9. The Morgan fingerprint density at radius 2 is 1.93 bits per heavy atom. The summed E-state index contributed by atoms with van der Waals surface area (Å²) >= 11 is 0. The van der Waals surface area contributed by atoms with Crippen molar-refractivity contribution in [3.63, 3.8) is 0 Å². The van der Waals surface area contributed by atoms with Gasteiger partial charge in [0.25, 0.3) is 0 Å². The SMILES string of the molecule is CCNC(=NCCCC(=O)OC1CCCC1)N1CCC(CN2CCOCC2)C1.I. The highest BCUT2D eigenvalue weighted by atomic mass is 127. The summed E-state index contributed by atoms with van der Waals surface area (Å²) in [5, 5.41) is 3.42. The molecule has 29 heavy (non-hydrogen) atoms. The van der Waals surface area contributed by atoms with Crippen LogP contribution in [0.25, 0.3) is 0 Å². The van der Waals surface area contributed by atoms with Crippen LogP contribution in [0.2, 0.25) is 0 Å². The smallest absolute Gasteiger partial charge is 0.306 e. The first-order valence-corrected chi connectivity index (χ1v) is 11.3. The van der Waals surface area contributed by atoms with Crippen LogP contribution in [0, 0.1) is 5.92 Å². The van der Waals surface area contributed by atoms with Crippen LogP contribution in [-0.2, 0) is 14.3 Å². The third-order valence-corrected chi connectivity index (χ3v) is 5.94. The van der Waals surface area contributed by atoms with Gasteiger partial charge in [0.2, 0.25) is 0 Å². The van der Waals surface area contributed by atoms with Crippen molar-refractivity contribution in [3.8, 4) is 0 Å². The summed E-state index contributed by atoms with van der Waals surface area (Å²) in [5.74, 6) is 1.64. The number of hydrogen-bond donors (Lipinski definition) is 1. The number of guanidine groups is 1. The number of carbonyl (C=O) groups excluding carboxylic acids is 1. The van der Waals surface area contributed by atoms with E-state index in [9.17, 15) is 4.79 Å². The molecular weight excluding hydrogens is 483 g/mol. The zero-order valence-corrected chi connectivity index (χ0v) is 20.3. The summed E-state index contributed by atoms with van der Waals surface area (Å²) in [7, 11) is 0. The van der Waals surface area contributed by atoms with Gasteiger partial charge in [0.1, 0.15) is 6.10 Å². The molecule has 0 spiro atoms. The lowest BCUT2D eigenvalue weighted by molar-refractivity contribution is -0.148. The van der Waals surface area contributed by atoms with E-state index in [2.05, 4.69) is 22.0 Å². The van der Waals surface area contributed by atoms with Crippen LogP contribution in [0.15, 0.2) is 4.99 Å². The molecule has 8 heteroatoms. The first kappa shape index (κ1) is 24.7. The highest BCUT2D eigenvalue weighted by Crippen LogP contribution is 2.21. The molecule has 1 saturated carbocycles. The number of halogens is 1. The number of nitrogens with zero attached hydrogens (tertiary/aromatic N) is 3. The number of hydrogen-bond acceptors (Lipinski definition) is 5. The predicted octanol–water partition coefficient (Wildman–Crippen LogP) is 2.49. The molecule has 0 aromatic heterocycles. The van der Waals surface area contributed by atoms with Crippen LogP contribution in [0.4, 0.5) is 0 Å². The van der Waals surface area contributed by atoms with Crippen molar-refractivity contribution >= 4 is 35.9 Å². The molecule has 0 radical (unpaired) electrons. The summed E-state index contributed by atoms with van der Waals surface area (Å²) < 4.78 is 11.0. The molecule has 2 aliphatic heterocycles. The Hall–Kier alpha value is -0.610. The van der Waals surface area contributed by atoms with Gasteiger partial charge in [-0.25, -0.2) is 0 Å². The maximum absolute atomic E-state index is 11.9. The monoisotopic (exact) mass is 522 g/mol. The van der Waals surface area contributed by atoms with Crippen molar-refractivity contribution in [2.75, 3.05) is 59.0 Å². The average molecular weight is 522 g/mol. The molecule has 2 heterocycles. The second-order valence-corrected chi connectivity index (χ2v) is 8.25. The molecule has 7 nitrogen and oxygen atoms in total. The quantitative estimate of drug-likeness (QED) is 0.174. The summed E-state index contributed by atoms with van der Waals surface area (Å²) in [6.45, 7) is 10.8. The number of carbonyl (C=O) groups is 1. The number of ether oxygens (including phenoxy) is 2. The Labute approximate surface area is 193 Å². The van der Waals surface area contributed by atoms with E-state index in [1.165, 1.54) is 19.3 Å². The van der Waals surface area contributed by atoms with Gasteiger partial charge < -0.3 is 19.7 Å². The predicted molar refractivity (Wildman–Crippen MR) is 126 cm³/mol. The van der Waals surface area contributed by atoms with Gasteiger partial charge in [-0.2, -0.15) is 0 Å². The fourth-order valence-corrected chi connectivity index (χ4v) is 4.41. The minimum Gasteiger partial charge on any atom is -0.462 e. The van der Waals surface area contributed by atoms with Crippen LogP contribution in [-0.4, -0.2) is 86.9 Å². The van der Waals surface area contributed by atoms with Gasteiger partial charge >= 0.3 is 5.97 Å². The van der Waals surface area contributed by atoms with Gasteiger partial charge in [0, 0.05) is 52.2 Å². The lowest BCUT2D eigenvalue weighted by Crippen LogP contribution is -2.42. The van der Waals surface area contributed by atoms with Gasteiger partial charge in [-0.15, -0.1) is 24.0 Å². The molecule has 3 rings (SSSR count). The van der Waals surface area contributed by atoms with E-state index in [1.807, 2.05) is 0 Å². The molecule has 0 bridgehead atoms. The standard InChI is InChI=1S/C21H38N4O3.HI/c1-2-22-21(23-10-5-8-20(26)28-19-6-3-4-7-19)25-11-9-18(17-25)16-24-12-14-27-15-13-24;/h18-19H,2-17H2,1H3,(H,22,23);1H. The number of morpholine rings is 1. The zero-order chi connectivity index (χ0) is 19.6. The van der Waals surface area contributed by atoms with Crippen molar-refractivity contribution < 1.29 is 14.3 Å². The first-order chi connectivity index (χ1) is 13.7. The Morgan fingerprint density at radius 1 is 1.17 bits per heavy atom. The minimum atomic E-state index is -0.0566. The third kappa shape index (κ3) is 8.57.